The summed E-state index contributed by atoms with van der Waals surface area (Å²) < 4.78 is 9.81. The van der Waals surface area contributed by atoms with Gasteiger partial charge in [-0.2, -0.15) is 0 Å². The number of ether oxygens (including phenoxy) is 2. The van der Waals surface area contributed by atoms with E-state index in [2.05, 4.69) is 0 Å². The van der Waals surface area contributed by atoms with E-state index in [1.807, 2.05) is 13.8 Å². The predicted molar refractivity (Wildman–Crippen MR) is 65.6 cm³/mol. The molecular weight excluding hydrogens is 236 g/mol. The van der Waals surface area contributed by atoms with Gasteiger partial charge in [0.2, 0.25) is 0 Å². The van der Waals surface area contributed by atoms with Gasteiger partial charge in [-0.15, -0.1) is 0 Å². The van der Waals surface area contributed by atoms with Crippen molar-refractivity contribution >= 4 is 12.2 Å². The molecule has 0 saturated carbocycles. The van der Waals surface area contributed by atoms with Crippen molar-refractivity contribution in [3.63, 3.8) is 0 Å². The fraction of sp³-hybridized carbons (Fsp3) is 0.333. The van der Waals surface area contributed by atoms with Crippen LogP contribution < -0.4 is 20.9 Å². The van der Waals surface area contributed by atoms with Gasteiger partial charge in [0, 0.05) is 11.1 Å². The molecule has 0 spiro atoms. The number of carbonyl (C=O) groups is 2. The van der Waals surface area contributed by atoms with Crippen molar-refractivity contribution in [2.24, 2.45) is 11.5 Å². The lowest BCUT2D eigenvalue weighted by molar-refractivity contribution is 0.207. The van der Waals surface area contributed by atoms with Crippen LogP contribution in [0.3, 0.4) is 0 Å². The lowest BCUT2D eigenvalue weighted by Gasteiger charge is -2.15. The van der Waals surface area contributed by atoms with Crippen LogP contribution in [-0.4, -0.2) is 12.2 Å². The average molecular weight is 252 g/mol. The van der Waals surface area contributed by atoms with E-state index < -0.39 is 12.2 Å². The van der Waals surface area contributed by atoms with Gasteiger partial charge >= 0.3 is 12.2 Å². The van der Waals surface area contributed by atoms with E-state index in [4.69, 9.17) is 20.9 Å². The number of nitrogens with two attached hydrogens (primary N) is 2. The van der Waals surface area contributed by atoms with Crippen LogP contribution in [0.15, 0.2) is 12.1 Å². The third-order valence-corrected chi connectivity index (χ3v) is 2.47. The van der Waals surface area contributed by atoms with Gasteiger partial charge in [0.15, 0.2) is 0 Å². The lowest BCUT2D eigenvalue weighted by Crippen LogP contribution is -2.19. The van der Waals surface area contributed by atoms with Crippen molar-refractivity contribution in [1.29, 1.82) is 0 Å². The molecule has 0 bridgehead atoms. The quantitative estimate of drug-likeness (QED) is 0.851. The van der Waals surface area contributed by atoms with Crippen LogP contribution in [0.4, 0.5) is 9.59 Å². The summed E-state index contributed by atoms with van der Waals surface area (Å²) in [6.07, 6.45) is -0.533. The van der Waals surface area contributed by atoms with E-state index in [9.17, 15) is 9.59 Å². The molecule has 0 aliphatic rings. The summed E-state index contributed by atoms with van der Waals surface area (Å²) >= 11 is 0. The largest absolute Gasteiger partial charge is 0.410 e. The molecule has 0 radical (unpaired) electrons. The molecule has 4 N–H and O–H groups in total. The Labute approximate surface area is 105 Å². The van der Waals surface area contributed by atoms with Crippen molar-refractivity contribution in [1.82, 2.24) is 0 Å². The molecule has 6 nitrogen and oxygen atoms in total. The fourth-order valence-electron chi connectivity index (χ4n) is 1.83. The summed E-state index contributed by atoms with van der Waals surface area (Å²) in [5, 5.41) is 0. The number of benzene rings is 1. The first-order valence-corrected chi connectivity index (χ1v) is 5.58. The second-order valence-electron chi connectivity index (χ2n) is 3.57. The highest BCUT2D eigenvalue weighted by atomic mass is 16.6. The van der Waals surface area contributed by atoms with Gasteiger partial charge < -0.3 is 20.9 Å². The summed E-state index contributed by atoms with van der Waals surface area (Å²) in [6.45, 7) is 3.80. The molecule has 0 aliphatic carbocycles. The van der Waals surface area contributed by atoms with Crippen LogP contribution in [0.25, 0.3) is 0 Å². The van der Waals surface area contributed by atoms with Crippen molar-refractivity contribution < 1.29 is 19.1 Å². The third-order valence-electron chi connectivity index (χ3n) is 2.47. The third kappa shape index (κ3) is 3.13. The van der Waals surface area contributed by atoms with Gasteiger partial charge in [0.25, 0.3) is 0 Å². The van der Waals surface area contributed by atoms with E-state index in [-0.39, 0.29) is 0 Å². The number of hydrogen-bond acceptors (Lipinski definition) is 4. The van der Waals surface area contributed by atoms with Crippen LogP contribution in [0.1, 0.15) is 25.0 Å². The van der Waals surface area contributed by atoms with Gasteiger partial charge in [-0.25, -0.2) is 9.59 Å². The van der Waals surface area contributed by atoms with Crippen molar-refractivity contribution in [3.05, 3.63) is 23.3 Å². The highest BCUT2D eigenvalue weighted by Gasteiger charge is 2.15. The zero-order valence-electron chi connectivity index (χ0n) is 10.4. The molecule has 0 heterocycles. The molecule has 0 aromatic heterocycles. The molecule has 0 saturated heterocycles. The molecule has 1 rings (SSSR count). The Morgan fingerprint density at radius 3 is 1.50 bits per heavy atom. The number of hydrogen-bond donors (Lipinski definition) is 2. The molecule has 0 atom stereocenters. The molecule has 1 aromatic rings. The maximum absolute atomic E-state index is 10.8. The van der Waals surface area contributed by atoms with Crippen LogP contribution in [-0.2, 0) is 12.8 Å². The summed E-state index contributed by atoms with van der Waals surface area (Å²) in [5.41, 5.74) is 11.5. The Balaban J connectivity index is 3.26. The summed E-state index contributed by atoms with van der Waals surface area (Å²) in [7, 11) is 0. The highest BCUT2D eigenvalue weighted by Crippen LogP contribution is 2.31. The monoisotopic (exact) mass is 252 g/mol. The number of rotatable bonds is 4. The number of carbonyl (C=O) groups excluding carboxylic acids is 2. The Kier molecular flexibility index (Phi) is 4.53. The first-order valence-electron chi connectivity index (χ1n) is 5.58. The zero-order valence-corrected chi connectivity index (χ0v) is 10.4. The Morgan fingerprint density at radius 2 is 1.28 bits per heavy atom. The fourth-order valence-corrected chi connectivity index (χ4v) is 1.83. The van der Waals surface area contributed by atoms with Crippen molar-refractivity contribution in [2.75, 3.05) is 0 Å². The summed E-state index contributed by atoms with van der Waals surface area (Å²) in [5.74, 6) is 0.748. The molecule has 6 heteroatoms. The molecule has 0 fully saturated rings. The second-order valence-corrected chi connectivity index (χ2v) is 3.57. The van der Waals surface area contributed by atoms with Gasteiger partial charge in [-0.3, -0.25) is 0 Å². The van der Waals surface area contributed by atoms with Crippen LogP contribution >= 0.6 is 0 Å². The standard InChI is InChI=1S/C12H16N2O4/c1-3-7-8(4-2)10(18-12(14)16)6-5-9(7)17-11(13)15/h5-6H,3-4H2,1-2H3,(H2,13,15)(H2,14,16). The highest BCUT2D eigenvalue weighted by molar-refractivity contribution is 5.71. The van der Waals surface area contributed by atoms with Crippen molar-refractivity contribution in [2.45, 2.75) is 26.7 Å². The number of amides is 2. The molecular formula is C12H16N2O4. The molecule has 0 aliphatic heterocycles. The minimum Gasteiger partial charge on any atom is -0.410 e. The van der Waals surface area contributed by atoms with Crippen molar-refractivity contribution in [3.8, 4) is 11.5 Å². The van der Waals surface area contributed by atoms with E-state index in [1.54, 1.807) is 0 Å². The van der Waals surface area contributed by atoms with Gasteiger partial charge in [-0.05, 0) is 25.0 Å². The van der Waals surface area contributed by atoms with E-state index in [0.29, 0.717) is 24.3 Å². The molecule has 0 unspecified atom stereocenters. The topological polar surface area (TPSA) is 105 Å². The second kappa shape index (κ2) is 5.90. The average Bonchev–Trinajstić information content (AvgIpc) is 2.29. The SMILES string of the molecule is CCc1c(OC(N)=O)ccc(OC(N)=O)c1CC. The van der Waals surface area contributed by atoms with E-state index in [0.717, 1.165) is 11.1 Å². The zero-order chi connectivity index (χ0) is 13.7. The molecule has 18 heavy (non-hydrogen) atoms. The van der Waals surface area contributed by atoms with E-state index >= 15 is 0 Å². The minimum absolute atomic E-state index is 0.374. The maximum Gasteiger partial charge on any atom is 0.409 e. The normalized spacial score (nSPS) is 9.89. The lowest BCUT2D eigenvalue weighted by atomic mass is 10.0. The first-order chi connectivity index (χ1) is 8.49. The molecule has 1 aromatic carbocycles. The minimum atomic E-state index is -0.879. The summed E-state index contributed by atoms with van der Waals surface area (Å²) in [6, 6.07) is 3.06. The molecule has 2 amide bonds. The van der Waals surface area contributed by atoms with Crippen LogP contribution in [0.2, 0.25) is 0 Å². The van der Waals surface area contributed by atoms with Gasteiger partial charge in [-0.1, -0.05) is 13.8 Å². The van der Waals surface area contributed by atoms with E-state index in [1.165, 1.54) is 12.1 Å². The Hall–Kier alpha value is -2.24. The van der Waals surface area contributed by atoms with Gasteiger partial charge in [0.05, 0.1) is 0 Å². The Morgan fingerprint density at radius 1 is 0.944 bits per heavy atom. The number of primary amides is 2. The van der Waals surface area contributed by atoms with Crippen LogP contribution in [0.5, 0.6) is 11.5 Å². The summed E-state index contributed by atoms with van der Waals surface area (Å²) in [4.78, 5) is 21.6. The maximum atomic E-state index is 10.8. The smallest absolute Gasteiger partial charge is 0.409 e. The molecule has 98 valence electrons. The first kappa shape index (κ1) is 13.8. The van der Waals surface area contributed by atoms with Gasteiger partial charge in [0.1, 0.15) is 11.5 Å². The predicted octanol–water partition coefficient (Wildman–Crippen LogP) is 1.73. The van der Waals surface area contributed by atoms with Crippen LogP contribution in [0, 0.1) is 0 Å². The Bertz CT molecular complexity index is 428.